The Morgan fingerprint density at radius 2 is 2.00 bits per heavy atom. The molecule has 1 N–H and O–H groups in total. The number of fused-ring (bicyclic) bond motifs is 1. The summed E-state index contributed by atoms with van der Waals surface area (Å²) in [6.45, 7) is 8.56. The molecule has 2 rings (SSSR count). The van der Waals surface area contributed by atoms with E-state index in [0.29, 0.717) is 5.92 Å². The van der Waals surface area contributed by atoms with Crippen molar-refractivity contribution in [2.45, 2.75) is 39.7 Å². The SMILES string of the molecule is CCCC(CNCC(C)C)Oc1cccc2ncccc12. The zero-order chi connectivity index (χ0) is 15.1. The summed E-state index contributed by atoms with van der Waals surface area (Å²) < 4.78 is 6.25. The number of hydrogen-bond donors (Lipinski definition) is 1. The fourth-order valence-electron chi connectivity index (χ4n) is 2.42. The van der Waals surface area contributed by atoms with E-state index in [9.17, 15) is 0 Å². The minimum atomic E-state index is 0.208. The number of pyridine rings is 1. The number of benzene rings is 1. The molecule has 1 aromatic heterocycles. The lowest BCUT2D eigenvalue weighted by Crippen LogP contribution is -2.33. The molecule has 0 amide bonds. The van der Waals surface area contributed by atoms with Gasteiger partial charge in [-0.2, -0.15) is 0 Å². The molecule has 0 fully saturated rings. The van der Waals surface area contributed by atoms with Gasteiger partial charge in [-0.1, -0.05) is 33.3 Å². The van der Waals surface area contributed by atoms with Crippen LogP contribution in [0.1, 0.15) is 33.6 Å². The molecule has 0 spiro atoms. The van der Waals surface area contributed by atoms with Gasteiger partial charge in [0.05, 0.1) is 5.52 Å². The summed E-state index contributed by atoms with van der Waals surface area (Å²) in [5, 5.41) is 4.59. The molecule has 3 nitrogen and oxygen atoms in total. The molecule has 21 heavy (non-hydrogen) atoms. The van der Waals surface area contributed by atoms with Crippen LogP contribution in [0, 0.1) is 5.92 Å². The van der Waals surface area contributed by atoms with E-state index in [1.54, 1.807) is 0 Å². The van der Waals surface area contributed by atoms with Gasteiger partial charge in [0.15, 0.2) is 0 Å². The van der Waals surface area contributed by atoms with E-state index in [4.69, 9.17) is 4.74 Å². The van der Waals surface area contributed by atoms with Gasteiger partial charge in [0, 0.05) is 18.1 Å². The predicted octanol–water partition coefficient (Wildman–Crippen LogP) is 4.03. The molecule has 1 unspecified atom stereocenters. The molecule has 0 radical (unpaired) electrons. The normalized spacial score (nSPS) is 12.8. The second-order valence-electron chi connectivity index (χ2n) is 5.91. The third-order valence-electron chi connectivity index (χ3n) is 3.43. The third kappa shape index (κ3) is 4.71. The predicted molar refractivity (Wildman–Crippen MR) is 88.8 cm³/mol. The smallest absolute Gasteiger partial charge is 0.129 e. The molecule has 0 aliphatic carbocycles. The monoisotopic (exact) mass is 286 g/mol. The Morgan fingerprint density at radius 3 is 2.76 bits per heavy atom. The molecule has 3 heteroatoms. The lowest BCUT2D eigenvalue weighted by molar-refractivity contribution is 0.187. The van der Waals surface area contributed by atoms with Crippen LogP contribution >= 0.6 is 0 Å². The summed E-state index contributed by atoms with van der Waals surface area (Å²) in [4.78, 5) is 4.38. The highest BCUT2D eigenvalue weighted by Crippen LogP contribution is 2.25. The largest absolute Gasteiger partial charge is 0.488 e. The van der Waals surface area contributed by atoms with Crippen molar-refractivity contribution in [3.05, 3.63) is 36.5 Å². The van der Waals surface area contributed by atoms with Gasteiger partial charge in [0.25, 0.3) is 0 Å². The van der Waals surface area contributed by atoms with Crippen molar-refractivity contribution < 1.29 is 4.74 Å². The van der Waals surface area contributed by atoms with Gasteiger partial charge >= 0.3 is 0 Å². The molecule has 0 saturated heterocycles. The van der Waals surface area contributed by atoms with Crippen molar-refractivity contribution in [2.75, 3.05) is 13.1 Å². The van der Waals surface area contributed by atoms with Gasteiger partial charge in [0.2, 0.25) is 0 Å². The van der Waals surface area contributed by atoms with Gasteiger partial charge in [0.1, 0.15) is 11.9 Å². The highest BCUT2D eigenvalue weighted by molar-refractivity contribution is 5.84. The minimum absolute atomic E-state index is 0.208. The van der Waals surface area contributed by atoms with Crippen molar-refractivity contribution in [2.24, 2.45) is 5.92 Å². The van der Waals surface area contributed by atoms with Crippen molar-refractivity contribution >= 4 is 10.9 Å². The summed E-state index contributed by atoms with van der Waals surface area (Å²) >= 11 is 0. The van der Waals surface area contributed by atoms with Crippen molar-refractivity contribution in [1.82, 2.24) is 10.3 Å². The third-order valence-corrected chi connectivity index (χ3v) is 3.43. The Morgan fingerprint density at radius 1 is 1.14 bits per heavy atom. The summed E-state index contributed by atoms with van der Waals surface area (Å²) in [7, 11) is 0. The van der Waals surface area contributed by atoms with E-state index in [2.05, 4.69) is 37.1 Å². The maximum atomic E-state index is 6.25. The first kappa shape index (κ1) is 15.8. The summed E-state index contributed by atoms with van der Waals surface area (Å²) in [5.74, 6) is 1.60. The molecular weight excluding hydrogens is 260 g/mol. The lowest BCUT2D eigenvalue weighted by atomic mass is 10.1. The quantitative estimate of drug-likeness (QED) is 0.795. The average molecular weight is 286 g/mol. The highest BCUT2D eigenvalue weighted by Gasteiger charge is 2.11. The number of nitrogens with zero attached hydrogens (tertiary/aromatic N) is 1. The second kappa shape index (κ2) is 7.99. The average Bonchev–Trinajstić information content (AvgIpc) is 2.47. The van der Waals surface area contributed by atoms with E-state index in [1.807, 2.05) is 30.5 Å². The molecule has 114 valence electrons. The molecule has 2 aromatic rings. The molecule has 1 aromatic carbocycles. The summed E-state index contributed by atoms with van der Waals surface area (Å²) in [6.07, 6.45) is 4.21. The van der Waals surface area contributed by atoms with E-state index in [1.165, 1.54) is 0 Å². The van der Waals surface area contributed by atoms with Gasteiger partial charge < -0.3 is 10.1 Å². The van der Waals surface area contributed by atoms with Gasteiger partial charge in [-0.3, -0.25) is 4.98 Å². The number of hydrogen-bond acceptors (Lipinski definition) is 3. The lowest BCUT2D eigenvalue weighted by Gasteiger charge is -2.21. The fourth-order valence-corrected chi connectivity index (χ4v) is 2.42. The number of rotatable bonds is 8. The van der Waals surface area contributed by atoms with Gasteiger partial charge in [-0.25, -0.2) is 0 Å². The van der Waals surface area contributed by atoms with E-state index in [-0.39, 0.29) is 6.10 Å². The van der Waals surface area contributed by atoms with Crippen LogP contribution in [0.15, 0.2) is 36.5 Å². The number of aromatic nitrogens is 1. The van der Waals surface area contributed by atoms with Crippen LogP contribution in [0.25, 0.3) is 10.9 Å². The summed E-state index contributed by atoms with van der Waals surface area (Å²) in [5.41, 5.74) is 0.986. The molecule has 0 saturated carbocycles. The maximum absolute atomic E-state index is 6.25. The maximum Gasteiger partial charge on any atom is 0.129 e. The Bertz CT molecular complexity index is 548. The topological polar surface area (TPSA) is 34.1 Å². The van der Waals surface area contributed by atoms with Crippen LogP contribution in [0.3, 0.4) is 0 Å². The molecule has 0 bridgehead atoms. The second-order valence-corrected chi connectivity index (χ2v) is 5.91. The molecule has 0 aliphatic heterocycles. The Kier molecular flexibility index (Phi) is 6.00. The van der Waals surface area contributed by atoms with Crippen molar-refractivity contribution in [1.29, 1.82) is 0 Å². The molecule has 1 atom stereocenters. The number of nitrogens with one attached hydrogen (secondary N) is 1. The Balaban J connectivity index is 2.07. The van der Waals surface area contributed by atoms with E-state index in [0.717, 1.165) is 42.6 Å². The van der Waals surface area contributed by atoms with Crippen LogP contribution in [0.4, 0.5) is 0 Å². The van der Waals surface area contributed by atoms with Crippen LogP contribution in [-0.2, 0) is 0 Å². The molecule has 1 heterocycles. The summed E-state index contributed by atoms with van der Waals surface area (Å²) in [6, 6.07) is 10.1. The zero-order valence-corrected chi connectivity index (χ0v) is 13.3. The van der Waals surface area contributed by atoms with Crippen molar-refractivity contribution in [3.8, 4) is 5.75 Å². The van der Waals surface area contributed by atoms with E-state index >= 15 is 0 Å². The van der Waals surface area contributed by atoms with E-state index < -0.39 is 0 Å². The van der Waals surface area contributed by atoms with Crippen LogP contribution in [0.5, 0.6) is 5.75 Å². The van der Waals surface area contributed by atoms with Gasteiger partial charge in [-0.15, -0.1) is 0 Å². The van der Waals surface area contributed by atoms with Crippen LogP contribution in [-0.4, -0.2) is 24.2 Å². The first-order chi connectivity index (χ1) is 10.2. The first-order valence-corrected chi connectivity index (χ1v) is 7.91. The standard InChI is InChI=1S/C18H26N2O/c1-4-7-15(13-19-12-14(2)3)21-18-10-5-9-17-16(18)8-6-11-20-17/h5-6,8-11,14-15,19H,4,7,12-13H2,1-3H3. The zero-order valence-electron chi connectivity index (χ0n) is 13.3. The van der Waals surface area contributed by atoms with Crippen LogP contribution in [0.2, 0.25) is 0 Å². The number of ether oxygens (including phenoxy) is 1. The minimum Gasteiger partial charge on any atom is -0.488 e. The Labute approximate surface area is 127 Å². The molecular formula is C18H26N2O. The Hall–Kier alpha value is -1.61. The first-order valence-electron chi connectivity index (χ1n) is 7.91. The fraction of sp³-hybridized carbons (Fsp3) is 0.500. The van der Waals surface area contributed by atoms with Crippen LogP contribution < -0.4 is 10.1 Å². The molecule has 0 aliphatic rings. The van der Waals surface area contributed by atoms with Gasteiger partial charge in [-0.05, 0) is 43.1 Å². The highest BCUT2D eigenvalue weighted by atomic mass is 16.5. The van der Waals surface area contributed by atoms with Crippen molar-refractivity contribution in [3.63, 3.8) is 0 Å².